The fourth-order valence-electron chi connectivity index (χ4n) is 1.38. The molecule has 0 saturated heterocycles. The number of halogens is 1. The average Bonchev–Trinajstić information content (AvgIpc) is 2.50. The van der Waals surface area contributed by atoms with Gasteiger partial charge in [0.1, 0.15) is 5.76 Å². The van der Waals surface area contributed by atoms with Crippen LogP contribution in [0.3, 0.4) is 0 Å². The molecule has 0 bridgehead atoms. The molecule has 0 aliphatic rings. The van der Waals surface area contributed by atoms with E-state index < -0.39 is 0 Å². The second-order valence-corrected chi connectivity index (χ2v) is 3.79. The van der Waals surface area contributed by atoms with Gasteiger partial charge in [0, 0.05) is 0 Å². The maximum Gasteiger partial charge on any atom is 0.193 e. The molecule has 0 aliphatic heterocycles. The van der Waals surface area contributed by atoms with E-state index in [1.807, 2.05) is 13.0 Å². The lowest BCUT2D eigenvalue weighted by Gasteiger charge is -2.14. The van der Waals surface area contributed by atoms with E-state index in [0.29, 0.717) is 5.22 Å². The third kappa shape index (κ3) is 3.20. The first-order chi connectivity index (χ1) is 6.63. The molecular formula is C11H16ClNO. The zero-order chi connectivity index (χ0) is 10.6. The molecule has 1 N–H and O–H groups in total. The van der Waals surface area contributed by atoms with Crippen molar-refractivity contribution < 1.29 is 4.42 Å². The van der Waals surface area contributed by atoms with Crippen molar-refractivity contribution in [1.29, 1.82) is 0 Å². The summed E-state index contributed by atoms with van der Waals surface area (Å²) in [5, 5.41) is 3.77. The van der Waals surface area contributed by atoms with Gasteiger partial charge in [0.05, 0.1) is 6.04 Å². The van der Waals surface area contributed by atoms with Crippen LogP contribution in [0.1, 0.15) is 32.1 Å². The molecule has 0 fully saturated rings. The molecule has 14 heavy (non-hydrogen) atoms. The van der Waals surface area contributed by atoms with Gasteiger partial charge in [-0.15, -0.1) is 6.58 Å². The first-order valence-electron chi connectivity index (χ1n) is 4.76. The van der Waals surface area contributed by atoms with Gasteiger partial charge < -0.3 is 9.73 Å². The molecule has 1 aromatic heterocycles. The van der Waals surface area contributed by atoms with Crippen LogP contribution < -0.4 is 5.32 Å². The molecule has 0 amide bonds. The highest BCUT2D eigenvalue weighted by Gasteiger charge is 2.13. The molecule has 1 atom stereocenters. The topological polar surface area (TPSA) is 25.2 Å². The number of rotatable bonds is 5. The highest BCUT2D eigenvalue weighted by molar-refractivity contribution is 6.28. The van der Waals surface area contributed by atoms with Crippen molar-refractivity contribution in [2.45, 2.75) is 26.3 Å². The molecule has 0 saturated carbocycles. The summed E-state index contributed by atoms with van der Waals surface area (Å²) in [7, 11) is 0. The van der Waals surface area contributed by atoms with Gasteiger partial charge in [-0.1, -0.05) is 12.5 Å². The summed E-state index contributed by atoms with van der Waals surface area (Å²) in [6.07, 6.45) is 0.873. The van der Waals surface area contributed by atoms with Crippen LogP contribution in [0.25, 0.3) is 0 Å². The summed E-state index contributed by atoms with van der Waals surface area (Å²) in [6, 6.07) is 3.85. The van der Waals surface area contributed by atoms with E-state index in [9.17, 15) is 0 Å². The van der Waals surface area contributed by atoms with Crippen LogP contribution in [0.15, 0.2) is 28.7 Å². The first-order valence-corrected chi connectivity index (χ1v) is 5.14. The summed E-state index contributed by atoms with van der Waals surface area (Å²) in [5.74, 6) is 0.875. The summed E-state index contributed by atoms with van der Waals surface area (Å²) < 4.78 is 5.36. The van der Waals surface area contributed by atoms with Gasteiger partial charge in [-0.3, -0.25) is 0 Å². The predicted molar refractivity (Wildman–Crippen MR) is 59.6 cm³/mol. The molecule has 0 aliphatic carbocycles. The van der Waals surface area contributed by atoms with Crippen LogP contribution in [0.2, 0.25) is 5.22 Å². The number of hydrogen-bond acceptors (Lipinski definition) is 2. The first kappa shape index (κ1) is 11.3. The molecule has 1 unspecified atom stereocenters. The normalized spacial score (nSPS) is 12.8. The van der Waals surface area contributed by atoms with Crippen LogP contribution in [0.4, 0.5) is 0 Å². The van der Waals surface area contributed by atoms with Crippen molar-refractivity contribution in [1.82, 2.24) is 5.32 Å². The van der Waals surface area contributed by atoms with Gasteiger partial charge in [0.15, 0.2) is 5.22 Å². The molecule has 0 spiro atoms. The Morgan fingerprint density at radius 2 is 2.36 bits per heavy atom. The van der Waals surface area contributed by atoms with E-state index in [1.165, 1.54) is 0 Å². The van der Waals surface area contributed by atoms with Crippen molar-refractivity contribution in [3.8, 4) is 0 Å². The molecule has 1 heterocycles. The molecule has 1 aromatic rings. The summed E-state index contributed by atoms with van der Waals surface area (Å²) in [4.78, 5) is 0. The van der Waals surface area contributed by atoms with Gasteiger partial charge in [0.2, 0.25) is 0 Å². The van der Waals surface area contributed by atoms with Crippen molar-refractivity contribution in [2.75, 3.05) is 6.54 Å². The van der Waals surface area contributed by atoms with E-state index in [4.69, 9.17) is 16.0 Å². The van der Waals surface area contributed by atoms with E-state index in [0.717, 1.165) is 24.3 Å². The van der Waals surface area contributed by atoms with Crippen LogP contribution >= 0.6 is 11.6 Å². The number of nitrogens with one attached hydrogen (secondary N) is 1. The Balaban J connectivity index is 2.71. The van der Waals surface area contributed by atoms with Crippen LogP contribution in [-0.2, 0) is 0 Å². The minimum absolute atomic E-state index is 0.185. The van der Waals surface area contributed by atoms with Gasteiger partial charge in [-0.05, 0) is 43.6 Å². The zero-order valence-corrected chi connectivity index (χ0v) is 9.40. The van der Waals surface area contributed by atoms with Crippen LogP contribution in [0, 0.1) is 0 Å². The maximum atomic E-state index is 5.72. The smallest absolute Gasteiger partial charge is 0.193 e. The Hall–Kier alpha value is -0.730. The quantitative estimate of drug-likeness (QED) is 0.757. The molecule has 1 rings (SSSR count). The Bertz CT molecular complexity index is 306. The van der Waals surface area contributed by atoms with E-state index in [2.05, 4.69) is 18.8 Å². The number of hydrogen-bond donors (Lipinski definition) is 1. The molecule has 0 radical (unpaired) electrons. The van der Waals surface area contributed by atoms with Gasteiger partial charge in [-0.25, -0.2) is 0 Å². The third-order valence-electron chi connectivity index (χ3n) is 1.94. The molecule has 3 heteroatoms. The van der Waals surface area contributed by atoms with Crippen molar-refractivity contribution in [2.24, 2.45) is 0 Å². The standard InChI is InChI=1S/C11H16ClNO/c1-4-13-9(7-8(2)3)10-5-6-11(12)14-10/h5-6,9,13H,2,4,7H2,1,3H3. The van der Waals surface area contributed by atoms with E-state index in [-0.39, 0.29) is 6.04 Å². The monoisotopic (exact) mass is 213 g/mol. The van der Waals surface area contributed by atoms with E-state index in [1.54, 1.807) is 6.07 Å². The SMILES string of the molecule is C=C(C)CC(NCC)c1ccc(Cl)o1. The predicted octanol–water partition coefficient (Wildman–Crippen LogP) is 3.55. The molecule has 78 valence electrons. The molecule has 0 aromatic carbocycles. The molecular weight excluding hydrogens is 198 g/mol. The number of furan rings is 1. The Morgan fingerprint density at radius 1 is 1.64 bits per heavy atom. The second-order valence-electron chi connectivity index (χ2n) is 3.41. The van der Waals surface area contributed by atoms with Gasteiger partial charge >= 0.3 is 0 Å². The van der Waals surface area contributed by atoms with Crippen molar-refractivity contribution >= 4 is 11.6 Å². The Kier molecular flexibility index (Phi) is 4.23. The Labute approximate surface area is 89.9 Å². The third-order valence-corrected chi connectivity index (χ3v) is 2.14. The average molecular weight is 214 g/mol. The van der Waals surface area contributed by atoms with Crippen molar-refractivity contribution in [3.63, 3.8) is 0 Å². The van der Waals surface area contributed by atoms with Crippen LogP contribution in [0.5, 0.6) is 0 Å². The largest absolute Gasteiger partial charge is 0.448 e. The summed E-state index contributed by atoms with van der Waals surface area (Å²) in [6.45, 7) is 8.87. The lowest BCUT2D eigenvalue weighted by atomic mass is 10.1. The fraction of sp³-hybridized carbons (Fsp3) is 0.455. The second kappa shape index (κ2) is 5.23. The van der Waals surface area contributed by atoms with E-state index >= 15 is 0 Å². The Morgan fingerprint density at radius 3 is 2.79 bits per heavy atom. The summed E-state index contributed by atoms with van der Waals surface area (Å²) in [5.41, 5.74) is 1.13. The summed E-state index contributed by atoms with van der Waals surface area (Å²) >= 11 is 5.72. The lowest BCUT2D eigenvalue weighted by Crippen LogP contribution is -2.20. The molecule has 2 nitrogen and oxygen atoms in total. The lowest BCUT2D eigenvalue weighted by molar-refractivity contribution is 0.417. The van der Waals surface area contributed by atoms with Crippen LogP contribution in [-0.4, -0.2) is 6.54 Å². The van der Waals surface area contributed by atoms with Crippen molar-refractivity contribution in [3.05, 3.63) is 35.3 Å². The minimum atomic E-state index is 0.185. The highest BCUT2D eigenvalue weighted by Crippen LogP contribution is 2.24. The highest BCUT2D eigenvalue weighted by atomic mass is 35.5. The van der Waals surface area contributed by atoms with Gasteiger partial charge in [0.25, 0.3) is 0 Å². The zero-order valence-electron chi connectivity index (χ0n) is 8.64. The fourth-order valence-corrected chi connectivity index (χ4v) is 1.54. The van der Waals surface area contributed by atoms with Gasteiger partial charge in [-0.2, -0.15) is 0 Å². The minimum Gasteiger partial charge on any atom is -0.448 e. The maximum absolute atomic E-state index is 5.72.